The zero-order chi connectivity index (χ0) is 17.3. The monoisotopic (exact) mass is 330 g/mol. The van der Waals surface area contributed by atoms with E-state index >= 15 is 0 Å². The second kappa shape index (κ2) is 6.39. The van der Waals surface area contributed by atoms with E-state index in [1.165, 1.54) is 7.11 Å². The van der Waals surface area contributed by atoms with Crippen LogP contribution in [0.25, 0.3) is 0 Å². The number of hydrogen-bond acceptors (Lipinski definition) is 3. The van der Waals surface area contributed by atoms with Crippen LogP contribution in [0.15, 0.2) is 24.3 Å². The van der Waals surface area contributed by atoms with Crippen molar-refractivity contribution >= 4 is 5.91 Å². The Bertz CT molecular complexity index is 555. The van der Waals surface area contributed by atoms with E-state index in [0.29, 0.717) is 5.75 Å². The van der Waals surface area contributed by atoms with Crippen molar-refractivity contribution in [2.24, 2.45) is 5.41 Å². The van der Waals surface area contributed by atoms with E-state index in [4.69, 9.17) is 4.74 Å². The minimum atomic E-state index is -4.40. The number of alkyl halides is 3. The van der Waals surface area contributed by atoms with Gasteiger partial charge in [-0.05, 0) is 44.4 Å². The van der Waals surface area contributed by atoms with Crippen molar-refractivity contribution < 1.29 is 22.7 Å². The zero-order valence-electron chi connectivity index (χ0n) is 13.4. The van der Waals surface area contributed by atoms with Crippen LogP contribution in [-0.4, -0.2) is 36.8 Å². The number of nitrogens with one attached hydrogen (secondary N) is 1. The average Bonchev–Trinajstić information content (AvgIpc) is 2.72. The maximum Gasteiger partial charge on any atom is 0.405 e. The van der Waals surface area contributed by atoms with Crippen LogP contribution in [-0.2, 0) is 11.2 Å². The first-order valence-electron chi connectivity index (χ1n) is 7.41. The van der Waals surface area contributed by atoms with Crippen LogP contribution in [0.5, 0.6) is 5.75 Å². The summed E-state index contributed by atoms with van der Waals surface area (Å²) in [5, 5.41) is 1.02. The lowest BCUT2D eigenvalue weighted by Crippen LogP contribution is -2.50. The van der Waals surface area contributed by atoms with Crippen LogP contribution in [0.2, 0.25) is 0 Å². The molecule has 1 aliphatic rings. The summed E-state index contributed by atoms with van der Waals surface area (Å²) in [4.78, 5) is 11.7. The van der Waals surface area contributed by atoms with E-state index in [2.05, 4.69) is 5.43 Å². The number of ether oxygens (including phenoxy) is 1. The molecule has 0 saturated carbocycles. The Morgan fingerprint density at radius 1 is 1.30 bits per heavy atom. The summed E-state index contributed by atoms with van der Waals surface area (Å²) in [7, 11) is 1.53. The topological polar surface area (TPSA) is 41.6 Å². The highest BCUT2D eigenvalue weighted by Crippen LogP contribution is 2.33. The molecule has 2 rings (SSSR count). The molecule has 1 heterocycles. The molecule has 128 valence electrons. The highest BCUT2D eigenvalue weighted by Gasteiger charge is 2.49. The molecule has 1 atom stereocenters. The standard InChI is InChI=1S/C16H21F3N2O2/c1-15(2)10-21(20-14(15)22)13(16(17,18)19)9-6-11-4-7-12(23-3)8-5-11/h4-5,7-8,13H,6,9-10H2,1-3H3,(H,20,22)/t13-/m0/s1. The number of aryl methyl sites for hydroxylation is 1. The van der Waals surface area contributed by atoms with Gasteiger partial charge >= 0.3 is 6.18 Å². The highest BCUT2D eigenvalue weighted by atomic mass is 19.4. The van der Waals surface area contributed by atoms with Gasteiger partial charge in [0, 0.05) is 6.54 Å². The first-order chi connectivity index (χ1) is 10.6. The van der Waals surface area contributed by atoms with Crippen LogP contribution >= 0.6 is 0 Å². The van der Waals surface area contributed by atoms with Crippen molar-refractivity contribution in [3.8, 4) is 5.75 Å². The first-order valence-corrected chi connectivity index (χ1v) is 7.41. The lowest BCUT2D eigenvalue weighted by atomic mass is 9.94. The number of methoxy groups -OCH3 is 1. The Kier molecular flexibility index (Phi) is 4.89. The molecule has 1 aromatic rings. The van der Waals surface area contributed by atoms with Crippen molar-refractivity contribution in [2.45, 2.75) is 38.9 Å². The third kappa shape index (κ3) is 4.16. The van der Waals surface area contributed by atoms with E-state index in [1.54, 1.807) is 38.1 Å². The third-order valence-corrected chi connectivity index (χ3v) is 4.05. The number of halogens is 3. The molecule has 7 heteroatoms. The van der Waals surface area contributed by atoms with Crippen molar-refractivity contribution in [1.29, 1.82) is 0 Å². The van der Waals surface area contributed by atoms with Gasteiger partial charge in [0.05, 0.1) is 12.5 Å². The first kappa shape index (κ1) is 17.6. The summed E-state index contributed by atoms with van der Waals surface area (Å²) in [6, 6.07) is 5.24. The normalized spacial score (nSPS) is 19.5. The summed E-state index contributed by atoms with van der Waals surface area (Å²) >= 11 is 0. The average molecular weight is 330 g/mol. The van der Waals surface area contributed by atoms with E-state index in [1.807, 2.05) is 0 Å². The largest absolute Gasteiger partial charge is 0.497 e. The van der Waals surface area contributed by atoms with Gasteiger partial charge in [0.2, 0.25) is 5.91 Å². The summed E-state index contributed by atoms with van der Waals surface area (Å²) in [6.45, 7) is 3.32. The Balaban J connectivity index is 2.06. The van der Waals surface area contributed by atoms with Crippen molar-refractivity contribution in [3.63, 3.8) is 0 Å². The molecule has 0 aromatic heterocycles. The van der Waals surface area contributed by atoms with Crippen LogP contribution in [0.1, 0.15) is 25.8 Å². The fraction of sp³-hybridized carbons (Fsp3) is 0.562. The zero-order valence-corrected chi connectivity index (χ0v) is 13.4. The molecule has 0 radical (unpaired) electrons. The van der Waals surface area contributed by atoms with E-state index in [-0.39, 0.29) is 25.3 Å². The van der Waals surface area contributed by atoms with Crippen LogP contribution in [0.3, 0.4) is 0 Å². The van der Waals surface area contributed by atoms with Gasteiger partial charge in [0.1, 0.15) is 11.8 Å². The molecule has 0 spiro atoms. The Hall–Kier alpha value is -1.76. The van der Waals surface area contributed by atoms with Gasteiger partial charge in [0.15, 0.2) is 0 Å². The predicted octanol–water partition coefficient (Wildman–Crippen LogP) is 2.93. The lowest BCUT2D eigenvalue weighted by molar-refractivity contribution is -0.190. The molecule has 1 aromatic carbocycles. The summed E-state index contributed by atoms with van der Waals surface area (Å²) < 4.78 is 45.1. The predicted molar refractivity (Wildman–Crippen MR) is 79.8 cm³/mol. The SMILES string of the molecule is COc1ccc(CC[C@H](N2CC(C)(C)C(=O)N2)C(F)(F)F)cc1. The van der Waals surface area contributed by atoms with Gasteiger partial charge < -0.3 is 4.74 Å². The molecular formula is C16H21F3N2O2. The Morgan fingerprint density at radius 3 is 2.35 bits per heavy atom. The summed E-state index contributed by atoms with van der Waals surface area (Å²) in [5.74, 6) is 0.283. The minimum absolute atomic E-state index is 0.0403. The smallest absolute Gasteiger partial charge is 0.405 e. The summed E-state index contributed by atoms with van der Waals surface area (Å²) in [6.07, 6.45) is -4.26. The van der Waals surface area contributed by atoms with Gasteiger partial charge in [-0.1, -0.05) is 12.1 Å². The lowest BCUT2D eigenvalue weighted by Gasteiger charge is -2.29. The number of nitrogens with zero attached hydrogens (tertiary/aromatic N) is 1. The molecule has 1 fully saturated rings. The second-order valence-electron chi connectivity index (χ2n) is 6.40. The quantitative estimate of drug-likeness (QED) is 0.902. The maximum absolute atomic E-state index is 13.4. The number of carbonyl (C=O) groups excluding carboxylic acids is 1. The van der Waals surface area contributed by atoms with Crippen molar-refractivity contribution in [3.05, 3.63) is 29.8 Å². The number of hydrogen-bond donors (Lipinski definition) is 1. The molecule has 0 bridgehead atoms. The van der Waals surface area contributed by atoms with E-state index in [0.717, 1.165) is 10.6 Å². The van der Waals surface area contributed by atoms with Crippen LogP contribution in [0, 0.1) is 5.41 Å². The molecule has 1 aliphatic heterocycles. The third-order valence-electron chi connectivity index (χ3n) is 4.05. The molecule has 1 N–H and O–H groups in total. The van der Waals surface area contributed by atoms with Gasteiger partial charge in [-0.3, -0.25) is 10.2 Å². The molecule has 4 nitrogen and oxygen atoms in total. The van der Waals surface area contributed by atoms with Crippen LogP contribution in [0.4, 0.5) is 13.2 Å². The minimum Gasteiger partial charge on any atom is -0.497 e. The van der Waals surface area contributed by atoms with Gasteiger partial charge in [0.25, 0.3) is 0 Å². The van der Waals surface area contributed by atoms with E-state index < -0.39 is 17.6 Å². The number of carbonyl (C=O) groups is 1. The summed E-state index contributed by atoms with van der Waals surface area (Å²) in [5.41, 5.74) is 2.34. The second-order valence-corrected chi connectivity index (χ2v) is 6.40. The van der Waals surface area contributed by atoms with Crippen LogP contribution < -0.4 is 10.2 Å². The maximum atomic E-state index is 13.4. The number of benzene rings is 1. The van der Waals surface area contributed by atoms with Crippen molar-refractivity contribution in [1.82, 2.24) is 10.4 Å². The molecular weight excluding hydrogens is 309 g/mol. The molecule has 0 aliphatic carbocycles. The Labute approximate surface area is 133 Å². The van der Waals surface area contributed by atoms with Gasteiger partial charge in [-0.2, -0.15) is 13.2 Å². The highest BCUT2D eigenvalue weighted by molar-refractivity contribution is 5.83. The molecule has 1 saturated heterocycles. The molecule has 1 amide bonds. The number of hydrazine groups is 1. The van der Waals surface area contributed by atoms with Gasteiger partial charge in [-0.25, -0.2) is 5.01 Å². The number of amides is 1. The molecule has 0 unspecified atom stereocenters. The van der Waals surface area contributed by atoms with Gasteiger partial charge in [-0.15, -0.1) is 0 Å². The fourth-order valence-electron chi connectivity index (χ4n) is 2.60. The molecule has 23 heavy (non-hydrogen) atoms. The Morgan fingerprint density at radius 2 is 1.91 bits per heavy atom. The fourth-order valence-corrected chi connectivity index (χ4v) is 2.60. The van der Waals surface area contributed by atoms with Crippen molar-refractivity contribution in [2.75, 3.05) is 13.7 Å². The van der Waals surface area contributed by atoms with E-state index in [9.17, 15) is 18.0 Å². The number of rotatable bonds is 5.